The van der Waals surface area contributed by atoms with Gasteiger partial charge in [0.15, 0.2) is 0 Å². The second-order valence-corrected chi connectivity index (χ2v) is 7.17. The van der Waals surface area contributed by atoms with Gasteiger partial charge in [-0.15, -0.1) is 0 Å². The Morgan fingerprint density at radius 1 is 1.42 bits per heavy atom. The van der Waals surface area contributed by atoms with Gasteiger partial charge in [-0.1, -0.05) is 41.9 Å². The molecule has 0 heterocycles. The van der Waals surface area contributed by atoms with Crippen molar-refractivity contribution in [3.8, 4) is 0 Å². The molecule has 2 atom stereocenters. The number of halogens is 1. The number of carbonyl (C=O) groups is 1. The van der Waals surface area contributed by atoms with Crippen LogP contribution in [0.4, 0.5) is 0 Å². The number of ether oxygens (including phenoxy) is 1. The summed E-state index contributed by atoms with van der Waals surface area (Å²) in [5.41, 5.74) is 0.901. The second-order valence-electron chi connectivity index (χ2n) is 6.32. The fourth-order valence-electron chi connectivity index (χ4n) is 2.01. The van der Waals surface area contributed by atoms with Crippen LogP contribution in [-0.4, -0.2) is 11.6 Å². The van der Waals surface area contributed by atoms with Crippen molar-refractivity contribution >= 4 is 21.9 Å². The number of rotatable bonds is 3. The Labute approximate surface area is 125 Å². The van der Waals surface area contributed by atoms with Crippen molar-refractivity contribution in [1.29, 1.82) is 0 Å². The Morgan fingerprint density at radius 2 is 2.05 bits per heavy atom. The maximum absolute atomic E-state index is 12.0. The highest BCUT2D eigenvalue weighted by Crippen LogP contribution is 2.31. The minimum absolute atomic E-state index is 0.117. The van der Waals surface area contributed by atoms with E-state index in [1.165, 1.54) is 16.5 Å². The average Bonchev–Trinajstić information content (AvgIpc) is 2.28. The van der Waals surface area contributed by atoms with Crippen molar-refractivity contribution in [2.75, 3.05) is 0 Å². The SMILES string of the molecule is C[C@H](/C=C1/CCCC=C1Br)[C@H](C)C(=O)OC(C)(C)C. The topological polar surface area (TPSA) is 26.3 Å². The molecule has 3 heteroatoms. The summed E-state index contributed by atoms with van der Waals surface area (Å²) < 4.78 is 6.62. The fraction of sp³-hybridized carbons (Fsp3) is 0.688. The summed E-state index contributed by atoms with van der Waals surface area (Å²) in [6.07, 6.45) is 7.82. The first kappa shape index (κ1) is 16.5. The Balaban J connectivity index is 2.69. The van der Waals surface area contributed by atoms with Gasteiger partial charge < -0.3 is 4.74 Å². The van der Waals surface area contributed by atoms with Crippen molar-refractivity contribution in [2.24, 2.45) is 11.8 Å². The van der Waals surface area contributed by atoms with E-state index in [9.17, 15) is 4.79 Å². The molecule has 0 spiro atoms. The normalized spacial score (nSPS) is 21.8. The molecule has 19 heavy (non-hydrogen) atoms. The monoisotopic (exact) mass is 328 g/mol. The zero-order valence-corrected chi connectivity index (χ0v) is 14.2. The van der Waals surface area contributed by atoms with Crippen LogP contribution < -0.4 is 0 Å². The van der Waals surface area contributed by atoms with Gasteiger partial charge in [0.1, 0.15) is 5.60 Å². The van der Waals surface area contributed by atoms with Crippen LogP contribution in [0.15, 0.2) is 22.2 Å². The van der Waals surface area contributed by atoms with Crippen molar-refractivity contribution in [3.63, 3.8) is 0 Å². The van der Waals surface area contributed by atoms with Gasteiger partial charge in [0.25, 0.3) is 0 Å². The zero-order chi connectivity index (χ0) is 14.6. The Hall–Kier alpha value is -0.570. The fourth-order valence-corrected chi connectivity index (χ4v) is 2.57. The molecular weight excluding hydrogens is 304 g/mol. The summed E-state index contributed by atoms with van der Waals surface area (Å²) in [5.74, 6) is -0.0504. The molecular formula is C16H25BrO2. The molecule has 0 amide bonds. The molecule has 0 saturated heterocycles. The molecule has 1 rings (SSSR count). The van der Waals surface area contributed by atoms with Crippen molar-refractivity contribution in [2.45, 2.75) is 59.5 Å². The van der Waals surface area contributed by atoms with E-state index in [1.54, 1.807) is 0 Å². The van der Waals surface area contributed by atoms with Crippen molar-refractivity contribution < 1.29 is 9.53 Å². The summed E-state index contributed by atoms with van der Waals surface area (Å²) >= 11 is 3.59. The number of hydrogen-bond acceptors (Lipinski definition) is 2. The summed E-state index contributed by atoms with van der Waals surface area (Å²) in [7, 11) is 0. The predicted octanol–water partition coefficient (Wildman–Crippen LogP) is 4.99. The average molecular weight is 329 g/mol. The molecule has 0 aromatic carbocycles. The standard InChI is InChI=1S/C16H25BrO2/c1-11(10-13-8-6-7-9-14(13)17)12(2)15(18)19-16(3,4)5/h9-12H,6-8H2,1-5H3/b13-10-/t11-,12+/m1/s1. The summed E-state index contributed by atoms with van der Waals surface area (Å²) in [4.78, 5) is 12.0. The number of hydrogen-bond donors (Lipinski definition) is 0. The van der Waals surface area contributed by atoms with E-state index < -0.39 is 5.60 Å². The second kappa shape index (κ2) is 6.74. The first-order valence-corrected chi connectivity index (χ1v) is 7.79. The molecule has 1 aliphatic carbocycles. The maximum Gasteiger partial charge on any atom is 0.309 e. The third-order valence-corrected chi connectivity index (χ3v) is 4.14. The molecule has 0 bridgehead atoms. The van der Waals surface area contributed by atoms with E-state index >= 15 is 0 Å². The van der Waals surface area contributed by atoms with Gasteiger partial charge >= 0.3 is 5.97 Å². The van der Waals surface area contributed by atoms with Crippen LogP contribution in [-0.2, 0) is 9.53 Å². The molecule has 0 N–H and O–H groups in total. The van der Waals surface area contributed by atoms with E-state index in [1.807, 2.05) is 27.7 Å². The van der Waals surface area contributed by atoms with Gasteiger partial charge in [-0.05, 0) is 51.5 Å². The Bertz CT molecular complexity index is 388. The molecule has 0 fully saturated rings. The van der Waals surface area contributed by atoms with Crippen LogP contribution in [0.5, 0.6) is 0 Å². The highest BCUT2D eigenvalue weighted by Gasteiger charge is 2.25. The van der Waals surface area contributed by atoms with Crippen LogP contribution in [0.25, 0.3) is 0 Å². The van der Waals surface area contributed by atoms with Crippen LogP contribution in [0.2, 0.25) is 0 Å². The lowest BCUT2D eigenvalue weighted by Crippen LogP contribution is -2.30. The molecule has 108 valence electrons. The molecule has 0 aromatic heterocycles. The lowest BCUT2D eigenvalue weighted by Gasteiger charge is -2.24. The molecule has 0 unspecified atom stereocenters. The van der Waals surface area contributed by atoms with Gasteiger partial charge in [-0.25, -0.2) is 0 Å². The Morgan fingerprint density at radius 3 is 2.58 bits per heavy atom. The smallest absolute Gasteiger partial charge is 0.309 e. The largest absolute Gasteiger partial charge is 0.460 e. The Kier molecular flexibility index (Phi) is 5.84. The predicted molar refractivity (Wildman–Crippen MR) is 83.1 cm³/mol. The van der Waals surface area contributed by atoms with E-state index in [-0.39, 0.29) is 17.8 Å². The highest BCUT2D eigenvalue weighted by molar-refractivity contribution is 9.12. The molecule has 1 aliphatic rings. The van der Waals surface area contributed by atoms with Gasteiger partial charge in [0, 0.05) is 4.48 Å². The van der Waals surface area contributed by atoms with E-state index in [4.69, 9.17) is 4.74 Å². The van der Waals surface area contributed by atoms with Crippen molar-refractivity contribution in [3.05, 3.63) is 22.2 Å². The number of allylic oxidation sites excluding steroid dienone is 4. The lowest BCUT2D eigenvalue weighted by molar-refractivity contribution is -0.160. The molecule has 0 saturated carbocycles. The summed E-state index contributed by atoms with van der Waals surface area (Å²) in [6, 6.07) is 0. The van der Waals surface area contributed by atoms with Gasteiger partial charge in [0.05, 0.1) is 5.92 Å². The number of carbonyl (C=O) groups excluding carboxylic acids is 1. The van der Waals surface area contributed by atoms with Crippen LogP contribution >= 0.6 is 15.9 Å². The van der Waals surface area contributed by atoms with Gasteiger partial charge in [-0.3, -0.25) is 4.79 Å². The molecule has 0 aromatic rings. The highest BCUT2D eigenvalue weighted by atomic mass is 79.9. The summed E-state index contributed by atoms with van der Waals surface area (Å²) in [6.45, 7) is 9.73. The number of esters is 1. The quantitative estimate of drug-likeness (QED) is 0.682. The third-order valence-electron chi connectivity index (χ3n) is 3.31. The van der Waals surface area contributed by atoms with E-state index in [0.717, 1.165) is 12.8 Å². The molecule has 0 aliphatic heterocycles. The van der Waals surface area contributed by atoms with Crippen molar-refractivity contribution in [1.82, 2.24) is 0 Å². The minimum atomic E-state index is -0.413. The first-order chi connectivity index (χ1) is 8.70. The van der Waals surface area contributed by atoms with Crippen LogP contribution in [0, 0.1) is 11.8 Å². The molecule has 0 radical (unpaired) electrons. The maximum atomic E-state index is 12.0. The molecule has 2 nitrogen and oxygen atoms in total. The van der Waals surface area contributed by atoms with Gasteiger partial charge in [-0.2, -0.15) is 0 Å². The zero-order valence-electron chi connectivity index (χ0n) is 12.6. The van der Waals surface area contributed by atoms with Gasteiger partial charge in [0.2, 0.25) is 0 Å². The first-order valence-electron chi connectivity index (χ1n) is 7.00. The van der Waals surface area contributed by atoms with E-state index in [0.29, 0.717) is 0 Å². The van der Waals surface area contributed by atoms with Crippen LogP contribution in [0.1, 0.15) is 53.9 Å². The van der Waals surface area contributed by atoms with Crippen LogP contribution in [0.3, 0.4) is 0 Å². The van der Waals surface area contributed by atoms with E-state index in [2.05, 4.69) is 35.0 Å². The lowest BCUT2D eigenvalue weighted by atomic mass is 9.91. The minimum Gasteiger partial charge on any atom is -0.460 e. The summed E-state index contributed by atoms with van der Waals surface area (Å²) in [5, 5.41) is 0. The third kappa shape index (κ3) is 5.52.